The molecule has 1 amide bonds. The maximum Gasteiger partial charge on any atom is 0.249 e. The van der Waals surface area contributed by atoms with Crippen LogP contribution in [0, 0.1) is 6.92 Å². The van der Waals surface area contributed by atoms with Crippen molar-refractivity contribution in [3.05, 3.63) is 47.6 Å². The lowest BCUT2D eigenvalue weighted by Gasteiger charge is -2.11. The summed E-state index contributed by atoms with van der Waals surface area (Å²) in [5.41, 5.74) is 9.15. The summed E-state index contributed by atoms with van der Waals surface area (Å²) in [6, 6.07) is 7.63. The number of fused-ring (bicyclic) bond motifs is 3. The van der Waals surface area contributed by atoms with E-state index in [-0.39, 0.29) is 0 Å². The molecule has 5 rings (SSSR count). The van der Waals surface area contributed by atoms with Crippen LogP contribution in [0.25, 0.3) is 27.9 Å². The molecule has 0 unspecified atom stereocenters. The molecule has 124 valence electrons. The van der Waals surface area contributed by atoms with E-state index in [2.05, 4.69) is 15.1 Å². The van der Waals surface area contributed by atoms with Crippen molar-refractivity contribution < 1.29 is 9.32 Å². The second-order valence-corrected chi connectivity index (χ2v) is 6.42. The van der Waals surface area contributed by atoms with Crippen molar-refractivity contribution in [1.29, 1.82) is 0 Å². The van der Waals surface area contributed by atoms with Crippen LogP contribution in [0.4, 0.5) is 0 Å². The maximum atomic E-state index is 12.1. The molecule has 0 radical (unpaired) electrons. The first-order valence-electron chi connectivity index (χ1n) is 8.17. The summed E-state index contributed by atoms with van der Waals surface area (Å²) in [6.07, 6.45) is 3.89. The number of primary amides is 1. The van der Waals surface area contributed by atoms with Crippen LogP contribution in [0.1, 0.15) is 40.6 Å². The maximum absolute atomic E-state index is 12.1. The van der Waals surface area contributed by atoms with E-state index in [9.17, 15) is 4.79 Å². The number of pyridine rings is 1. The third kappa shape index (κ3) is 1.98. The highest BCUT2D eigenvalue weighted by Gasteiger charge is 2.30. The monoisotopic (exact) mass is 333 g/mol. The van der Waals surface area contributed by atoms with Gasteiger partial charge in [-0.25, -0.2) is 4.98 Å². The highest BCUT2D eigenvalue weighted by molar-refractivity contribution is 6.09. The Balaban J connectivity index is 1.85. The number of para-hydroxylation sites is 1. The predicted octanol–water partition coefficient (Wildman–Crippen LogP) is 2.82. The fraction of sp³-hybridized carbons (Fsp3) is 0.222. The Morgan fingerprint density at radius 1 is 1.32 bits per heavy atom. The zero-order chi connectivity index (χ0) is 17.1. The number of nitrogens with zero attached hydrogens (tertiary/aromatic N) is 4. The summed E-state index contributed by atoms with van der Waals surface area (Å²) in [5, 5.41) is 4.89. The lowest BCUT2D eigenvalue weighted by molar-refractivity contribution is 0.100. The molecular weight excluding hydrogens is 318 g/mol. The van der Waals surface area contributed by atoms with Crippen molar-refractivity contribution in [1.82, 2.24) is 19.5 Å². The number of hydrogen-bond acceptors (Lipinski definition) is 5. The third-order valence-corrected chi connectivity index (χ3v) is 4.76. The van der Waals surface area contributed by atoms with Crippen molar-refractivity contribution in [2.75, 3.05) is 0 Å². The molecule has 25 heavy (non-hydrogen) atoms. The van der Waals surface area contributed by atoms with Gasteiger partial charge in [0.25, 0.3) is 0 Å². The number of imidazole rings is 1. The first-order valence-corrected chi connectivity index (χ1v) is 8.17. The van der Waals surface area contributed by atoms with Crippen LogP contribution in [0.5, 0.6) is 0 Å². The van der Waals surface area contributed by atoms with Gasteiger partial charge in [-0.2, -0.15) is 4.98 Å². The molecule has 0 bridgehead atoms. The van der Waals surface area contributed by atoms with Crippen LogP contribution >= 0.6 is 0 Å². The Labute approximate surface area is 142 Å². The SMILES string of the molecule is Cc1c(C(N)=O)c2ccccc2n2cnc(-c3noc(C4CC4)n3)c12. The second-order valence-electron chi connectivity index (χ2n) is 6.42. The zero-order valence-corrected chi connectivity index (χ0v) is 13.6. The molecule has 1 aliphatic rings. The molecular formula is C18H15N5O2. The number of rotatable bonds is 3. The van der Waals surface area contributed by atoms with Crippen LogP contribution in [0.15, 0.2) is 35.1 Å². The van der Waals surface area contributed by atoms with E-state index in [0.29, 0.717) is 28.9 Å². The zero-order valence-electron chi connectivity index (χ0n) is 13.6. The van der Waals surface area contributed by atoms with Crippen molar-refractivity contribution in [3.63, 3.8) is 0 Å². The van der Waals surface area contributed by atoms with Gasteiger partial charge >= 0.3 is 0 Å². The lowest BCUT2D eigenvalue weighted by atomic mass is 10.0. The third-order valence-electron chi connectivity index (χ3n) is 4.76. The number of nitrogens with two attached hydrogens (primary N) is 1. The van der Waals surface area contributed by atoms with E-state index in [1.807, 2.05) is 35.6 Å². The molecule has 1 aliphatic carbocycles. The summed E-state index contributed by atoms with van der Waals surface area (Å²) in [7, 11) is 0. The quantitative estimate of drug-likeness (QED) is 0.621. The smallest absolute Gasteiger partial charge is 0.249 e. The van der Waals surface area contributed by atoms with Gasteiger partial charge in [0, 0.05) is 11.3 Å². The Morgan fingerprint density at radius 3 is 2.88 bits per heavy atom. The van der Waals surface area contributed by atoms with Gasteiger partial charge in [0.2, 0.25) is 17.6 Å². The minimum absolute atomic E-state index is 0.373. The lowest BCUT2D eigenvalue weighted by Crippen LogP contribution is -2.14. The Kier molecular flexibility index (Phi) is 2.77. The molecule has 3 heterocycles. The summed E-state index contributed by atoms with van der Waals surface area (Å²) < 4.78 is 7.31. The highest BCUT2D eigenvalue weighted by atomic mass is 16.5. The van der Waals surface area contributed by atoms with Crippen LogP contribution < -0.4 is 5.73 Å². The van der Waals surface area contributed by atoms with Crippen molar-refractivity contribution in [2.45, 2.75) is 25.7 Å². The number of aryl methyl sites for hydroxylation is 1. The first kappa shape index (κ1) is 14.2. The first-order chi connectivity index (χ1) is 12.1. The average Bonchev–Trinajstić information content (AvgIpc) is 3.17. The molecule has 1 aromatic carbocycles. The fourth-order valence-corrected chi connectivity index (χ4v) is 3.41. The number of hydrogen-bond donors (Lipinski definition) is 1. The molecule has 0 spiro atoms. The Morgan fingerprint density at radius 2 is 2.12 bits per heavy atom. The molecule has 0 atom stereocenters. The fourth-order valence-electron chi connectivity index (χ4n) is 3.41. The van der Waals surface area contributed by atoms with Crippen molar-refractivity contribution >= 4 is 22.3 Å². The van der Waals surface area contributed by atoms with Gasteiger partial charge < -0.3 is 10.3 Å². The topological polar surface area (TPSA) is 99.3 Å². The average molecular weight is 333 g/mol. The van der Waals surface area contributed by atoms with Crippen LogP contribution in [0.2, 0.25) is 0 Å². The minimum Gasteiger partial charge on any atom is -0.366 e. The van der Waals surface area contributed by atoms with Crippen LogP contribution in [-0.4, -0.2) is 25.4 Å². The Hall–Kier alpha value is -3.22. The van der Waals surface area contributed by atoms with Gasteiger partial charge in [0.1, 0.15) is 12.0 Å². The molecule has 1 saturated carbocycles. The molecule has 1 fully saturated rings. The molecule has 0 saturated heterocycles. The van der Waals surface area contributed by atoms with E-state index in [0.717, 1.165) is 34.8 Å². The standard InChI is InChI=1S/C18H15N5O2/c1-9-13(16(19)24)11-4-2-3-5-12(11)23-8-20-14(15(9)23)17-21-18(25-22-17)10-6-7-10/h2-5,8,10H,6-7H2,1H3,(H2,19,24). The molecule has 2 N–H and O–H groups in total. The minimum atomic E-state index is -0.463. The van der Waals surface area contributed by atoms with Gasteiger partial charge in [0.15, 0.2) is 0 Å². The number of aromatic nitrogens is 4. The van der Waals surface area contributed by atoms with Gasteiger partial charge in [-0.05, 0) is 31.4 Å². The summed E-state index contributed by atoms with van der Waals surface area (Å²) >= 11 is 0. The highest BCUT2D eigenvalue weighted by Crippen LogP contribution is 2.40. The molecule has 4 aromatic rings. The summed E-state index contributed by atoms with van der Waals surface area (Å²) in [6.45, 7) is 1.87. The predicted molar refractivity (Wildman–Crippen MR) is 91.2 cm³/mol. The second kappa shape index (κ2) is 4.89. The number of benzene rings is 1. The van der Waals surface area contributed by atoms with Gasteiger partial charge in [-0.3, -0.25) is 9.20 Å². The van der Waals surface area contributed by atoms with Gasteiger partial charge in [-0.15, -0.1) is 0 Å². The van der Waals surface area contributed by atoms with Gasteiger partial charge in [-0.1, -0.05) is 23.4 Å². The van der Waals surface area contributed by atoms with Crippen molar-refractivity contribution in [2.24, 2.45) is 5.73 Å². The van der Waals surface area contributed by atoms with Crippen LogP contribution in [-0.2, 0) is 0 Å². The van der Waals surface area contributed by atoms with E-state index in [1.165, 1.54) is 0 Å². The van der Waals surface area contributed by atoms with Gasteiger partial charge in [0.05, 0.1) is 16.6 Å². The van der Waals surface area contributed by atoms with E-state index < -0.39 is 5.91 Å². The summed E-state index contributed by atoms with van der Waals surface area (Å²) in [5.74, 6) is 1.01. The molecule has 7 heteroatoms. The number of amides is 1. The molecule has 3 aromatic heterocycles. The molecule has 7 nitrogen and oxygen atoms in total. The number of carbonyl (C=O) groups is 1. The largest absolute Gasteiger partial charge is 0.366 e. The van der Waals surface area contributed by atoms with Crippen molar-refractivity contribution in [3.8, 4) is 11.5 Å². The molecule has 0 aliphatic heterocycles. The Bertz CT molecular complexity index is 1150. The normalized spacial score (nSPS) is 14.4. The van der Waals surface area contributed by atoms with E-state index >= 15 is 0 Å². The van der Waals surface area contributed by atoms with Crippen LogP contribution in [0.3, 0.4) is 0 Å². The summed E-state index contributed by atoms with van der Waals surface area (Å²) in [4.78, 5) is 21.1. The van der Waals surface area contributed by atoms with E-state index in [1.54, 1.807) is 6.33 Å². The number of carbonyl (C=O) groups excluding carboxylic acids is 1. The van der Waals surface area contributed by atoms with E-state index in [4.69, 9.17) is 10.3 Å².